The van der Waals surface area contributed by atoms with Crippen molar-refractivity contribution in [2.75, 3.05) is 50.7 Å². The lowest BCUT2D eigenvalue weighted by atomic mass is 9.99. The number of anilines is 1. The van der Waals surface area contributed by atoms with Gasteiger partial charge in [0.05, 0.1) is 6.04 Å². The van der Waals surface area contributed by atoms with E-state index in [1.807, 2.05) is 56.0 Å². The summed E-state index contributed by atoms with van der Waals surface area (Å²) in [6.07, 6.45) is -0.0490. The quantitative estimate of drug-likeness (QED) is 0.454. The lowest BCUT2D eigenvalue weighted by molar-refractivity contribution is 0.0240. The van der Waals surface area contributed by atoms with E-state index in [1.54, 1.807) is 20.8 Å². The van der Waals surface area contributed by atoms with Crippen LogP contribution >= 0.6 is 0 Å². The first-order valence-electron chi connectivity index (χ1n) is 14.7. The van der Waals surface area contributed by atoms with Gasteiger partial charge in [-0.3, -0.25) is 4.79 Å². The third kappa shape index (κ3) is 8.36. The summed E-state index contributed by atoms with van der Waals surface area (Å²) in [7, 11) is 0. The minimum Gasteiger partial charge on any atom is -0.445 e. The van der Waals surface area contributed by atoms with Crippen LogP contribution in [-0.2, 0) is 16.1 Å². The van der Waals surface area contributed by atoms with Crippen LogP contribution in [0.1, 0.15) is 57.0 Å². The summed E-state index contributed by atoms with van der Waals surface area (Å²) in [4.78, 5) is 46.1. The molecule has 0 saturated carbocycles. The van der Waals surface area contributed by atoms with Gasteiger partial charge in [-0.1, -0.05) is 44.2 Å². The number of benzene rings is 2. The number of amides is 3. The van der Waals surface area contributed by atoms with E-state index in [2.05, 4.69) is 13.8 Å². The molecular weight excluding hydrogens is 539 g/mol. The molecule has 0 aliphatic carbocycles. The second-order valence-corrected chi connectivity index (χ2v) is 12.4. The van der Waals surface area contributed by atoms with Crippen LogP contribution in [0.2, 0.25) is 0 Å². The van der Waals surface area contributed by atoms with Gasteiger partial charge in [-0.2, -0.15) is 0 Å². The van der Waals surface area contributed by atoms with E-state index in [9.17, 15) is 18.8 Å². The second kappa shape index (κ2) is 13.4. The average molecular weight is 583 g/mol. The lowest BCUT2D eigenvalue weighted by Crippen LogP contribution is -2.57. The number of hydrogen-bond acceptors (Lipinski definition) is 6. The Morgan fingerprint density at radius 3 is 2.21 bits per heavy atom. The van der Waals surface area contributed by atoms with Gasteiger partial charge in [-0.15, -0.1) is 0 Å². The zero-order valence-corrected chi connectivity index (χ0v) is 25.3. The third-order valence-electron chi connectivity index (χ3n) is 7.38. The van der Waals surface area contributed by atoms with Gasteiger partial charge in [0.2, 0.25) is 0 Å². The number of piperazine rings is 2. The van der Waals surface area contributed by atoms with Crippen molar-refractivity contribution in [3.05, 3.63) is 65.5 Å². The third-order valence-corrected chi connectivity index (χ3v) is 7.38. The number of carbonyl (C=O) groups is 3. The first-order chi connectivity index (χ1) is 19.9. The summed E-state index contributed by atoms with van der Waals surface area (Å²) in [5.74, 6) is -0.462. The maximum atomic E-state index is 14.8. The van der Waals surface area contributed by atoms with Crippen LogP contribution in [0.25, 0.3) is 0 Å². The van der Waals surface area contributed by atoms with Gasteiger partial charge in [-0.05, 0) is 56.9 Å². The van der Waals surface area contributed by atoms with Crippen molar-refractivity contribution in [1.29, 1.82) is 0 Å². The van der Waals surface area contributed by atoms with E-state index >= 15 is 0 Å². The molecule has 2 heterocycles. The van der Waals surface area contributed by atoms with E-state index in [1.165, 1.54) is 12.1 Å². The first-order valence-corrected chi connectivity index (χ1v) is 14.7. The first kappa shape index (κ1) is 31.1. The molecule has 2 aliphatic heterocycles. The molecule has 0 unspecified atom stereocenters. The summed E-state index contributed by atoms with van der Waals surface area (Å²) in [5, 5.41) is 0. The van der Waals surface area contributed by atoms with Gasteiger partial charge in [0.15, 0.2) is 0 Å². The van der Waals surface area contributed by atoms with E-state index in [0.717, 1.165) is 5.56 Å². The fourth-order valence-corrected chi connectivity index (χ4v) is 5.36. The van der Waals surface area contributed by atoms with Crippen molar-refractivity contribution in [1.82, 2.24) is 14.7 Å². The average Bonchev–Trinajstić information content (AvgIpc) is 2.94. The highest BCUT2D eigenvalue weighted by atomic mass is 19.1. The minimum atomic E-state index is -0.575. The number of ether oxygens (including phenoxy) is 2. The smallest absolute Gasteiger partial charge is 0.410 e. The molecule has 2 fully saturated rings. The number of hydrogen-bond donors (Lipinski definition) is 0. The summed E-state index contributed by atoms with van der Waals surface area (Å²) in [6.45, 7) is 12.7. The van der Waals surface area contributed by atoms with Crippen LogP contribution in [0.15, 0.2) is 48.5 Å². The Morgan fingerprint density at radius 1 is 0.905 bits per heavy atom. The fraction of sp³-hybridized carbons (Fsp3) is 0.531. The molecule has 1 atom stereocenters. The van der Waals surface area contributed by atoms with Gasteiger partial charge in [-0.25, -0.2) is 14.0 Å². The Labute approximate surface area is 248 Å². The van der Waals surface area contributed by atoms with Crippen LogP contribution in [0.3, 0.4) is 0 Å². The highest BCUT2D eigenvalue weighted by Gasteiger charge is 2.34. The molecule has 228 valence electrons. The zero-order chi connectivity index (χ0) is 30.4. The molecule has 4 rings (SSSR count). The molecule has 2 aliphatic rings. The van der Waals surface area contributed by atoms with Crippen molar-refractivity contribution >= 4 is 23.8 Å². The van der Waals surface area contributed by atoms with Gasteiger partial charge >= 0.3 is 12.2 Å². The highest BCUT2D eigenvalue weighted by molar-refractivity contribution is 5.95. The Balaban J connectivity index is 1.40. The molecule has 2 aromatic carbocycles. The van der Waals surface area contributed by atoms with Crippen LogP contribution in [0.4, 0.5) is 19.7 Å². The standard InChI is InChI=1S/C32H43FN4O5/c1-23(2)17-28-21-36(15-16-37(28)31(40)41-22-24-9-7-6-8-10-24)29(38)25-18-26(33)20-27(19-25)34-11-13-35(14-12-34)30(39)42-32(3,4)5/h6-10,18-20,23,28H,11-17,21-22H2,1-5H3/t28-/m0/s1. The number of halogens is 1. The topological polar surface area (TPSA) is 82.6 Å². The molecule has 10 heteroatoms. The van der Waals surface area contributed by atoms with Crippen molar-refractivity contribution in [3.8, 4) is 0 Å². The van der Waals surface area contributed by atoms with Gasteiger partial charge in [0.25, 0.3) is 5.91 Å². The minimum absolute atomic E-state index is 0.186. The van der Waals surface area contributed by atoms with Crippen molar-refractivity contribution < 1.29 is 28.2 Å². The maximum Gasteiger partial charge on any atom is 0.410 e. The molecule has 0 N–H and O–H groups in total. The van der Waals surface area contributed by atoms with E-state index in [4.69, 9.17) is 9.47 Å². The molecule has 0 aromatic heterocycles. The molecule has 2 saturated heterocycles. The molecule has 3 amide bonds. The molecule has 0 bridgehead atoms. The van der Waals surface area contributed by atoms with Crippen molar-refractivity contribution in [2.45, 2.75) is 59.3 Å². The Morgan fingerprint density at radius 2 is 1.57 bits per heavy atom. The van der Waals surface area contributed by atoms with E-state index < -0.39 is 17.5 Å². The summed E-state index contributed by atoms with van der Waals surface area (Å²) < 4.78 is 25.9. The number of rotatable bonds is 6. The van der Waals surface area contributed by atoms with Crippen LogP contribution in [-0.4, -0.2) is 90.2 Å². The molecular formula is C32H43FN4O5. The maximum absolute atomic E-state index is 14.8. The Kier molecular flexibility index (Phi) is 9.96. The monoisotopic (exact) mass is 582 g/mol. The summed E-state index contributed by atoms with van der Waals surface area (Å²) in [6, 6.07) is 13.7. The van der Waals surface area contributed by atoms with Crippen molar-refractivity contribution in [2.24, 2.45) is 5.92 Å². The molecule has 42 heavy (non-hydrogen) atoms. The van der Waals surface area contributed by atoms with E-state index in [-0.39, 0.29) is 30.2 Å². The van der Waals surface area contributed by atoms with E-state index in [0.29, 0.717) is 63.8 Å². The predicted octanol–water partition coefficient (Wildman–Crippen LogP) is 5.39. The zero-order valence-electron chi connectivity index (χ0n) is 25.3. The Bertz CT molecular complexity index is 1240. The number of nitrogens with zero attached hydrogens (tertiary/aromatic N) is 4. The normalized spacial score (nSPS) is 17.8. The fourth-order valence-electron chi connectivity index (χ4n) is 5.36. The van der Waals surface area contributed by atoms with Crippen LogP contribution < -0.4 is 4.90 Å². The lowest BCUT2D eigenvalue weighted by Gasteiger charge is -2.41. The highest BCUT2D eigenvalue weighted by Crippen LogP contribution is 2.25. The number of carbonyl (C=O) groups excluding carboxylic acids is 3. The Hall–Kier alpha value is -3.82. The second-order valence-electron chi connectivity index (χ2n) is 12.4. The summed E-state index contributed by atoms with van der Waals surface area (Å²) in [5.41, 5.74) is 1.20. The molecule has 0 radical (unpaired) electrons. The van der Waals surface area contributed by atoms with Gasteiger partial charge in [0, 0.05) is 57.1 Å². The van der Waals surface area contributed by atoms with Crippen LogP contribution in [0.5, 0.6) is 0 Å². The summed E-state index contributed by atoms with van der Waals surface area (Å²) >= 11 is 0. The molecule has 0 spiro atoms. The molecule has 9 nitrogen and oxygen atoms in total. The van der Waals surface area contributed by atoms with Gasteiger partial charge in [0.1, 0.15) is 18.0 Å². The molecule has 2 aromatic rings. The van der Waals surface area contributed by atoms with Gasteiger partial charge < -0.3 is 29.1 Å². The largest absolute Gasteiger partial charge is 0.445 e. The van der Waals surface area contributed by atoms with Crippen molar-refractivity contribution in [3.63, 3.8) is 0 Å². The van der Waals surface area contributed by atoms with Crippen LogP contribution in [0, 0.1) is 11.7 Å². The predicted molar refractivity (Wildman–Crippen MR) is 159 cm³/mol. The SMILES string of the molecule is CC(C)C[C@H]1CN(C(=O)c2cc(F)cc(N3CCN(C(=O)OC(C)(C)C)CC3)c2)CCN1C(=O)OCc1ccccc1.